The third kappa shape index (κ3) is 4.70. The molecule has 2 N–H and O–H groups in total. The van der Waals surface area contributed by atoms with Gasteiger partial charge >= 0.3 is 0 Å². The first kappa shape index (κ1) is 18.6. The molecule has 1 atom stereocenters. The van der Waals surface area contributed by atoms with E-state index in [1.165, 1.54) is 12.5 Å². The summed E-state index contributed by atoms with van der Waals surface area (Å²) in [5.74, 6) is 1.18. The van der Waals surface area contributed by atoms with E-state index in [9.17, 15) is 13.5 Å². The van der Waals surface area contributed by atoms with Gasteiger partial charge in [-0.2, -0.15) is 0 Å². The summed E-state index contributed by atoms with van der Waals surface area (Å²) < 4.78 is 24.0. The van der Waals surface area contributed by atoms with Gasteiger partial charge in [0.25, 0.3) is 0 Å². The van der Waals surface area contributed by atoms with Gasteiger partial charge in [0.15, 0.2) is 9.84 Å². The molecule has 0 amide bonds. The first-order valence-corrected chi connectivity index (χ1v) is 10.5. The number of phenolic OH excluding ortho intramolecular Hbond substituents is 1. The van der Waals surface area contributed by atoms with Gasteiger partial charge in [0.2, 0.25) is 0 Å². The molecule has 1 aliphatic heterocycles. The summed E-state index contributed by atoms with van der Waals surface area (Å²) in [6, 6.07) is 7.37. The van der Waals surface area contributed by atoms with E-state index in [1.807, 2.05) is 12.1 Å². The number of aryl methyl sites for hydroxylation is 1. The highest BCUT2D eigenvalue weighted by Gasteiger charge is 2.23. The largest absolute Gasteiger partial charge is 0.508 e. The second-order valence-electron chi connectivity index (χ2n) is 6.79. The number of benzene rings is 1. The number of hydrogen-bond donors (Lipinski definition) is 2. The van der Waals surface area contributed by atoms with Crippen molar-refractivity contribution in [2.24, 2.45) is 0 Å². The quantitative estimate of drug-likeness (QED) is 0.824. The van der Waals surface area contributed by atoms with Crippen LogP contribution in [0.15, 0.2) is 35.4 Å². The summed E-state index contributed by atoms with van der Waals surface area (Å²) in [4.78, 5) is 10.7. The Morgan fingerprint density at radius 2 is 2.19 bits per heavy atom. The highest BCUT2D eigenvalue weighted by Crippen LogP contribution is 2.22. The maximum atomic E-state index is 12.0. The molecule has 2 aromatic rings. The summed E-state index contributed by atoms with van der Waals surface area (Å²) in [5.41, 5.74) is 1.06. The van der Waals surface area contributed by atoms with E-state index in [1.54, 1.807) is 19.1 Å². The second kappa shape index (κ2) is 7.59. The molecular weight excluding hydrogens is 352 g/mol. The predicted octanol–water partition coefficient (Wildman–Crippen LogP) is 1.97. The van der Waals surface area contributed by atoms with Crippen molar-refractivity contribution in [2.45, 2.75) is 37.2 Å². The molecule has 0 saturated carbocycles. The number of rotatable bonds is 5. The minimum atomic E-state index is -3.40. The minimum Gasteiger partial charge on any atom is -0.508 e. The summed E-state index contributed by atoms with van der Waals surface area (Å²) in [5, 5.41) is 12.9. The fraction of sp³-hybridized carbons (Fsp3) is 0.444. The third-order valence-electron chi connectivity index (χ3n) is 4.44. The SMILES string of the molecule is Cc1ncc(S(C)(=O)=O)c(N[C@@H]2CCCN(Cc3cccc(O)c3)C2)n1. The molecule has 0 unspecified atom stereocenters. The van der Waals surface area contributed by atoms with Gasteiger partial charge in [-0.15, -0.1) is 0 Å². The Bertz CT molecular complexity index is 886. The van der Waals surface area contributed by atoms with Gasteiger partial charge in [0, 0.05) is 25.4 Å². The van der Waals surface area contributed by atoms with E-state index in [4.69, 9.17) is 0 Å². The number of nitrogens with one attached hydrogen (secondary N) is 1. The average molecular weight is 376 g/mol. The van der Waals surface area contributed by atoms with Crippen molar-refractivity contribution in [2.75, 3.05) is 24.7 Å². The smallest absolute Gasteiger partial charge is 0.180 e. The zero-order valence-corrected chi connectivity index (χ0v) is 15.8. The van der Waals surface area contributed by atoms with Crippen molar-refractivity contribution in [3.63, 3.8) is 0 Å². The number of likely N-dealkylation sites (tertiary alicyclic amines) is 1. The Labute approximate surface area is 154 Å². The Morgan fingerprint density at radius 3 is 2.92 bits per heavy atom. The van der Waals surface area contributed by atoms with E-state index in [0.717, 1.165) is 38.0 Å². The minimum absolute atomic E-state index is 0.107. The molecule has 1 aromatic heterocycles. The normalized spacial score (nSPS) is 18.6. The van der Waals surface area contributed by atoms with Crippen LogP contribution in [0.2, 0.25) is 0 Å². The number of aromatic nitrogens is 2. The lowest BCUT2D eigenvalue weighted by molar-refractivity contribution is 0.208. The van der Waals surface area contributed by atoms with Crippen LogP contribution >= 0.6 is 0 Å². The lowest BCUT2D eigenvalue weighted by atomic mass is 10.0. The van der Waals surface area contributed by atoms with Crippen molar-refractivity contribution in [3.8, 4) is 5.75 Å². The number of piperidine rings is 1. The molecule has 140 valence electrons. The fourth-order valence-electron chi connectivity index (χ4n) is 3.26. The van der Waals surface area contributed by atoms with E-state index in [2.05, 4.69) is 20.2 Å². The topological polar surface area (TPSA) is 95.4 Å². The van der Waals surface area contributed by atoms with Gasteiger partial charge in [-0.3, -0.25) is 4.90 Å². The second-order valence-corrected chi connectivity index (χ2v) is 8.77. The first-order valence-electron chi connectivity index (χ1n) is 8.62. The molecule has 8 heteroatoms. The van der Waals surface area contributed by atoms with Crippen LogP contribution in [0.25, 0.3) is 0 Å². The van der Waals surface area contributed by atoms with Crippen molar-refractivity contribution in [1.82, 2.24) is 14.9 Å². The molecule has 0 bridgehead atoms. The van der Waals surface area contributed by atoms with Gasteiger partial charge in [0.05, 0.1) is 6.20 Å². The van der Waals surface area contributed by atoms with Crippen LogP contribution in [0, 0.1) is 6.92 Å². The van der Waals surface area contributed by atoms with Crippen molar-refractivity contribution >= 4 is 15.7 Å². The number of aromatic hydroxyl groups is 1. The highest BCUT2D eigenvalue weighted by molar-refractivity contribution is 7.90. The van der Waals surface area contributed by atoms with Gasteiger partial charge in [0.1, 0.15) is 22.3 Å². The zero-order chi connectivity index (χ0) is 18.7. The van der Waals surface area contributed by atoms with Crippen molar-refractivity contribution in [3.05, 3.63) is 41.9 Å². The Morgan fingerprint density at radius 1 is 1.38 bits per heavy atom. The first-order chi connectivity index (χ1) is 12.3. The maximum absolute atomic E-state index is 12.0. The molecule has 1 fully saturated rings. The van der Waals surface area contributed by atoms with Crippen LogP contribution in [0.1, 0.15) is 24.2 Å². The molecule has 2 heterocycles. The number of phenols is 1. The molecule has 3 rings (SSSR count). The molecule has 0 radical (unpaired) electrons. The van der Waals surface area contributed by atoms with Gasteiger partial charge in [-0.05, 0) is 44.0 Å². The number of sulfone groups is 1. The standard InChI is InChI=1S/C18H24N4O3S/c1-13-19-10-17(26(2,24)25)18(20-13)21-15-6-4-8-22(12-15)11-14-5-3-7-16(23)9-14/h3,5,7,9-10,15,23H,4,6,8,11-12H2,1-2H3,(H,19,20,21)/t15-/m1/s1. The number of anilines is 1. The molecule has 1 saturated heterocycles. The summed E-state index contributed by atoms with van der Waals surface area (Å²) in [6.45, 7) is 4.23. The molecular formula is C18H24N4O3S. The third-order valence-corrected chi connectivity index (χ3v) is 5.54. The van der Waals surface area contributed by atoms with Crippen LogP contribution in [0.5, 0.6) is 5.75 Å². The molecule has 26 heavy (non-hydrogen) atoms. The molecule has 7 nitrogen and oxygen atoms in total. The molecule has 1 aliphatic rings. The van der Waals surface area contributed by atoms with Crippen LogP contribution in [-0.2, 0) is 16.4 Å². The lowest BCUT2D eigenvalue weighted by Crippen LogP contribution is -2.42. The zero-order valence-electron chi connectivity index (χ0n) is 15.0. The maximum Gasteiger partial charge on any atom is 0.180 e. The Kier molecular flexibility index (Phi) is 5.43. The Hall–Kier alpha value is -2.19. The van der Waals surface area contributed by atoms with Crippen molar-refractivity contribution in [1.29, 1.82) is 0 Å². The van der Waals surface area contributed by atoms with E-state index >= 15 is 0 Å². The summed E-state index contributed by atoms with van der Waals surface area (Å²) >= 11 is 0. The molecule has 0 aliphatic carbocycles. The average Bonchev–Trinajstić information content (AvgIpc) is 2.54. The van der Waals surface area contributed by atoms with E-state index in [-0.39, 0.29) is 16.7 Å². The Balaban J connectivity index is 1.72. The monoisotopic (exact) mass is 376 g/mol. The van der Waals surface area contributed by atoms with E-state index < -0.39 is 9.84 Å². The molecule has 0 spiro atoms. The van der Waals surface area contributed by atoms with Crippen molar-refractivity contribution < 1.29 is 13.5 Å². The molecule has 1 aromatic carbocycles. The van der Waals surface area contributed by atoms with Gasteiger partial charge < -0.3 is 10.4 Å². The van der Waals surface area contributed by atoms with Crippen LogP contribution in [-0.4, -0.2) is 53.8 Å². The number of nitrogens with zero attached hydrogens (tertiary/aromatic N) is 3. The van der Waals surface area contributed by atoms with Crippen LogP contribution in [0.3, 0.4) is 0 Å². The van der Waals surface area contributed by atoms with Gasteiger partial charge in [-0.1, -0.05) is 12.1 Å². The lowest BCUT2D eigenvalue weighted by Gasteiger charge is -2.33. The number of hydrogen-bond acceptors (Lipinski definition) is 7. The van der Waals surface area contributed by atoms with Gasteiger partial charge in [-0.25, -0.2) is 18.4 Å². The van der Waals surface area contributed by atoms with Crippen LogP contribution in [0.4, 0.5) is 5.82 Å². The summed E-state index contributed by atoms with van der Waals surface area (Å²) in [6.07, 6.45) is 4.49. The van der Waals surface area contributed by atoms with E-state index in [0.29, 0.717) is 11.6 Å². The fourth-order valence-corrected chi connectivity index (χ4v) is 3.96. The summed E-state index contributed by atoms with van der Waals surface area (Å²) in [7, 11) is -3.40. The van der Waals surface area contributed by atoms with Crippen LogP contribution < -0.4 is 5.32 Å². The predicted molar refractivity (Wildman–Crippen MR) is 99.9 cm³/mol. The highest BCUT2D eigenvalue weighted by atomic mass is 32.2.